The van der Waals surface area contributed by atoms with Crippen molar-refractivity contribution >= 4 is 11.7 Å². The van der Waals surface area contributed by atoms with E-state index < -0.39 is 18.1 Å². The highest BCUT2D eigenvalue weighted by atomic mass is 19.3. The molecule has 0 unspecified atom stereocenters. The monoisotopic (exact) mass is 338 g/mol. The molecule has 0 fully saturated rings. The first-order chi connectivity index (χ1) is 11.4. The van der Waals surface area contributed by atoms with Crippen molar-refractivity contribution in [3.05, 3.63) is 36.7 Å². The largest absolute Gasteiger partial charge is 0.394 e. The van der Waals surface area contributed by atoms with Gasteiger partial charge in [0.2, 0.25) is 0 Å². The van der Waals surface area contributed by atoms with Crippen LogP contribution in [0.5, 0.6) is 0 Å². The summed E-state index contributed by atoms with van der Waals surface area (Å²) >= 11 is 0. The Bertz CT molecular complexity index is 682. The first kappa shape index (κ1) is 17.9. The summed E-state index contributed by atoms with van der Waals surface area (Å²) < 4.78 is 26.5. The lowest BCUT2D eigenvalue weighted by atomic mass is 10.0. The van der Waals surface area contributed by atoms with Crippen molar-refractivity contribution in [1.29, 1.82) is 0 Å². The number of aromatic nitrogens is 2. The molecule has 1 heterocycles. The minimum absolute atomic E-state index is 0.153. The molecule has 8 heteroatoms. The van der Waals surface area contributed by atoms with Crippen molar-refractivity contribution in [2.45, 2.75) is 32.4 Å². The van der Waals surface area contributed by atoms with E-state index in [1.54, 1.807) is 31.2 Å². The summed E-state index contributed by atoms with van der Waals surface area (Å²) in [6.45, 7) is 0.749. The van der Waals surface area contributed by atoms with E-state index in [4.69, 9.17) is 0 Å². The molecule has 130 valence electrons. The van der Waals surface area contributed by atoms with Gasteiger partial charge >= 0.3 is 12.6 Å². The summed E-state index contributed by atoms with van der Waals surface area (Å²) in [5.74, 6) is 0.153. The summed E-state index contributed by atoms with van der Waals surface area (Å²) in [7, 11) is 0. The van der Waals surface area contributed by atoms with Crippen LogP contribution in [0.2, 0.25) is 0 Å². The molecule has 0 saturated carbocycles. The van der Waals surface area contributed by atoms with Crippen molar-refractivity contribution < 1.29 is 18.7 Å². The molecule has 2 amide bonds. The highest BCUT2D eigenvalue weighted by Gasteiger charge is 2.23. The normalized spacial score (nSPS) is 13.6. The number of amides is 2. The standard InChI is InChI=1S/C16H20F2N4O2/c1-3-16(2,10-23)21-15(24)20-12-6-4-11(5-7-12)13-19-8-9-22(13)14(17)18/h4-9,14,23H,3,10H2,1-2H3,(H2,20,21,24)/t16-/m1/s1. The average molecular weight is 338 g/mol. The van der Waals surface area contributed by atoms with Gasteiger partial charge < -0.3 is 15.7 Å². The van der Waals surface area contributed by atoms with Crippen molar-refractivity contribution in [3.63, 3.8) is 0 Å². The number of rotatable bonds is 6. The van der Waals surface area contributed by atoms with E-state index in [0.29, 0.717) is 17.7 Å². The molecule has 6 nitrogen and oxygen atoms in total. The number of alkyl halides is 2. The summed E-state index contributed by atoms with van der Waals surface area (Å²) in [5, 5.41) is 14.6. The average Bonchev–Trinajstić information content (AvgIpc) is 3.05. The van der Waals surface area contributed by atoms with Gasteiger partial charge in [-0.2, -0.15) is 8.78 Å². The highest BCUT2D eigenvalue weighted by molar-refractivity contribution is 5.90. The Kier molecular flexibility index (Phi) is 5.50. The third-order valence-electron chi connectivity index (χ3n) is 3.82. The predicted molar refractivity (Wildman–Crippen MR) is 86.9 cm³/mol. The first-order valence-corrected chi connectivity index (χ1v) is 7.50. The van der Waals surface area contributed by atoms with E-state index >= 15 is 0 Å². The van der Waals surface area contributed by atoms with Crippen LogP contribution in [0, 0.1) is 0 Å². The van der Waals surface area contributed by atoms with Crippen molar-refractivity contribution in [2.75, 3.05) is 11.9 Å². The Labute approximate surface area is 138 Å². The zero-order valence-corrected chi connectivity index (χ0v) is 13.5. The van der Waals surface area contributed by atoms with E-state index in [2.05, 4.69) is 15.6 Å². The van der Waals surface area contributed by atoms with Crippen LogP contribution in [0.1, 0.15) is 26.8 Å². The van der Waals surface area contributed by atoms with Gasteiger partial charge in [-0.1, -0.05) is 6.92 Å². The zero-order chi connectivity index (χ0) is 17.7. The van der Waals surface area contributed by atoms with Crippen LogP contribution >= 0.6 is 0 Å². The Morgan fingerprint density at radius 1 is 1.38 bits per heavy atom. The molecular weight excluding hydrogens is 318 g/mol. The van der Waals surface area contributed by atoms with Gasteiger partial charge in [-0.25, -0.2) is 9.78 Å². The van der Waals surface area contributed by atoms with Crippen LogP contribution in [0.15, 0.2) is 36.7 Å². The summed E-state index contributed by atoms with van der Waals surface area (Å²) in [6.07, 6.45) is 3.09. The summed E-state index contributed by atoms with van der Waals surface area (Å²) in [4.78, 5) is 15.9. The molecule has 1 atom stereocenters. The van der Waals surface area contributed by atoms with Gasteiger partial charge in [-0.3, -0.25) is 4.57 Å². The fourth-order valence-electron chi connectivity index (χ4n) is 2.07. The second-order valence-electron chi connectivity index (χ2n) is 5.66. The molecule has 0 aliphatic carbocycles. The molecule has 2 rings (SSSR count). The second kappa shape index (κ2) is 7.39. The number of aliphatic hydroxyl groups excluding tert-OH is 1. The predicted octanol–water partition coefficient (Wildman–Crippen LogP) is 3.23. The number of nitrogens with zero attached hydrogens (tertiary/aromatic N) is 2. The van der Waals surface area contributed by atoms with E-state index in [9.17, 15) is 18.7 Å². The maximum Gasteiger partial charge on any atom is 0.320 e. The number of anilines is 1. The Hall–Kier alpha value is -2.48. The van der Waals surface area contributed by atoms with Gasteiger partial charge in [0, 0.05) is 23.6 Å². The number of carbonyl (C=O) groups is 1. The molecule has 3 N–H and O–H groups in total. The molecule has 0 saturated heterocycles. The zero-order valence-electron chi connectivity index (χ0n) is 13.5. The molecule has 1 aromatic heterocycles. The van der Waals surface area contributed by atoms with Gasteiger partial charge in [0.05, 0.1) is 12.1 Å². The molecule has 24 heavy (non-hydrogen) atoms. The van der Waals surface area contributed by atoms with Crippen LogP contribution in [0.4, 0.5) is 19.3 Å². The first-order valence-electron chi connectivity index (χ1n) is 7.50. The van der Waals surface area contributed by atoms with E-state index in [1.807, 2.05) is 6.92 Å². The number of aliphatic hydroxyl groups is 1. The number of carbonyl (C=O) groups excluding carboxylic acids is 1. The fraction of sp³-hybridized carbons (Fsp3) is 0.375. The number of benzene rings is 1. The molecule has 0 aliphatic rings. The summed E-state index contributed by atoms with van der Waals surface area (Å²) in [5.41, 5.74) is 0.314. The lowest BCUT2D eigenvalue weighted by Gasteiger charge is -2.27. The lowest BCUT2D eigenvalue weighted by Crippen LogP contribution is -2.50. The van der Waals surface area contributed by atoms with Crippen LogP contribution in [-0.2, 0) is 0 Å². The topological polar surface area (TPSA) is 79.2 Å². The third-order valence-corrected chi connectivity index (χ3v) is 3.82. The van der Waals surface area contributed by atoms with Crippen molar-refractivity contribution in [1.82, 2.24) is 14.9 Å². The van der Waals surface area contributed by atoms with Crippen LogP contribution in [-0.4, -0.2) is 32.8 Å². The van der Waals surface area contributed by atoms with E-state index in [-0.39, 0.29) is 12.4 Å². The Morgan fingerprint density at radius 3 is 2.58 bits per heavy atom. The van der Waals surface area contributed by atoms with Gasteiger partial charge in [0.15, 0.2) is 0 Å². The second-order valence-corrected chi connectivity index (χ2v) is 5.66. The van der Waals surface area contributed by atoms with Crippen molar-refractivity contribution in [2.24, 2.45) is 0 Å². The number of halogens is 2. The fourth-order valence-corrected chi connectivity index (χ4v) is 2.07. The number of urea groups is 1. The smallest absolute Gasteiger partial charge is 0.320 e. The third kappa shape index (κ3) is 4.08. The van der Waals surface area contributed by atoms with Gasteiger partial charge in [0.25, 0.3) is 0 Å². The molecule has 0 aliphatic heterocycles. The SMILES string of the molecule is CC[C@](C)(CO)NC(=O)Nc1ccc(-c2nccn2C(F)F)cc1. The number of hydrogen-bond donors (Lipinski definition) is 3. The molecule has 0 bridgehead atoms. The quantitative estimate of drug-likeness (QED) is 0.756. The number of hydrogen-bond acceptors (Lipinski definition) is 3. The van der Waals surface area contributed by atoms with Crippen molar-refractivity contribution in [3.8, 4) is 11.4 Å². The number of imidazole rings is 1. The maximum absolute atomic E-state index is 12.9. The molecular formula is C16H20F2N4O2. The minimum atomic E-state index is -2.67. The summed E-state index contributed by atoms with van der Waals surface area (Å²) in [6, 6.07) is 5.95. The molecule has 1 aromatic carbocycles. The van der Waals surface area contributed by atoms with Gasteiger partial charge in [-0.15, -0.1) is 0 Å². The van der Waals surface area contributed by atoms with Gasteiger partial charge in [0.1, 0.15) is 5.82 Å². The Balaban J connectivity index is 2.07. The maximum atomic E-state index is 12.9. The molecule has 0 spiro atoms. The molecule has 2 aromatic rings. The van der Waals surface area contributed by atoms with E-state index in [1.165, 1.54) is 12.4 Å². The molecule has 0 radical (unpaired) electrons. The minimum Gasteiger partial charge on any atom is -0.394 e. The van der Waals surface area contributed by atoms with Crippen LogP contribution in [0.3, 0.4) is 0 Å². The van der Waals surface area contributed by atoms with Crippen LogP contribution < -0.4 is 10.6 Å². The van der Waals surface area contributed by atoms with E-state index in [0.717, 1.165) is 4.57 Å². The number of nitrogens with one attached hydrogen (secondary N) is 2. The van der Waals surface area contributed by atoms with Crippen LogP contribution in [0.25, 0.3) is 11.4 Å². The lowest BCUT2D eigenvalue weighted by molar-refractivity contribution is 0.0720. The van der Waals surface area contributed by atoms with Gasteiger partial charge in [-0.05, 0) is 37.6 Å². The highest BCUT2D eigenvalue weighted by Crippen LogP contribution is 2.24. The Morgan fingerprint density at radius 2 is 2.04 bits per heavy atom.